The van der Waals surface area contributed by atoms with E-state index >= 15 is 0 Å². The van der Waals surface area contributed by atoms with Crippen molar-refractivity contribution >= 4 is 22.8 Å². The molecule has 0 aliphatic carbocycles. The Morgan fingerprint density at radius 1 is 1.39 bits per heavy atom. The number of amides is 1. The van der Waals surface area contributed by atoms with Crippen molar-refractivity contribution in [1.82, 2.24) is 4.90 Å². The molecule has 2 aromatic rings. The number of carboxylic acid groups (broad SMARTS) is 1. The molecule has 0 unspecified atom stereocenters. The number of hydrogen-bond acceptors (Lipinski definition) is 5. The smallest absolute Gasteiger partial charge is 0.334 e. The van der Waals surface area contributed by atoms with Crippen molar-refractivity contribution in [3.05, 3.63) is 29.5 Å². The van der Waals surface area contributed by atoms with Crippen LogP contribution in [-0.2, 0) is 9.53 Å². The number of aliphatic carboxylic acids is 1. The van der Waals surface area contributed by atoms with Crippen LogP contribution in [0.1, 0.15) is 16.1 Å². The van der Waals surface area contributed by atoms with E-state index in [2.05, 4.69) is 0 Å². The molecule has 3 rings (SSSR count). The molecule has 0 radical (unpaired) electrons. The number of hydrogen-bond donors (Lipinski definition) is 1. The molecule has 0 bridgehead atoms. The molecular formula is C16H17NO6. The van der Waals surface area contributed by atoms with Gasteiger partial charge in [-0.25, -0.2) is 4.79 Å². The number of aryl methyl sites for hydroxylation is 1. The molecule has 122 valence electrons. The first kappa shape index (κ1) is 15.4. The van der Waals surface area contributed by atoms with Crippen LogP contribution in [0.25, 0.3) is 11.0 Å². The molecule has 0 spiro atoms. The van der Waals surface area contributed by atoms with Gasteiger partial charge < -0.3 is 23.9 Å². The molecule has 1 aromatic carbocycles. The number of carbonyl (C=O) groups is 2. The van der Waals surface area contributed by atoms with Gasteiger partial charge in [0.1, 0.15) is 11.3 Å². The van der Waals surface area contributed by atoms with Gasteiger partial charge in [0.15, 0.2) is 11.9 Å². The molecule has 1 fully saturated rings. The van der Waals surface area contributed by atoms with Crippen molar-refractivity contribution in [3.8, 4) is 5.75 Å². The second kappa shape index (κ2) is 5.92. The van der Waals surface area contributed by atoms with Crippen LogP contribution in [0, 0.1) is 6.92 Å². The lowest BCUT2D eigenvalue weighted by Crippen LogP contribution is -2.48. The van der Waals surface area contributed by atoms with Gasteiger partial charge in [-0.3, -0.25) is 4.79 Å². The molecule has 1 aliphatic rings. The number of carbonyl (C=O) groups excluding carboxylic acids is 1. The summed E-state index contributed by atoms with van der Waals surface area (Å²) in [4.78, 5) is 25.2. The van der Waals surface area contributed by atoms with Gasteiger partial charge in [-0.05, 0) is 25.1 Å². The van der Waals surface area contributed by atoms with Crippen molar-refractivity contribution < 1.29 is 28.6 Å². The minimum Gasteiger partial charge on any atom is -0.497 e. The zero-order valence-corrected chi connectivity index (χ0v) is 12.9. The summed E-state index contributed by atoms with van der Waals surface area (Å²) in [5.41, 5.74) is 1.30. The molecule has 23 heavy (non-hydrogen) atoms. The Morgan fingerprint density at radius 3 is 2.87 bits per heavy atom. The summed E-state index contributed by atoms with van der Waals surface area (Å²) in [6.45, 7) is 2.33. The summed E-state index contributed by atoms with van der Waals surface area (Å²) in [5, 5.41) is 9.84. The molecule has 1 aromatic heterocycles. The zero-order valence-electron chi connectivity index (χ0n) is 12.9. The first-order chi connectivity index (χ1) is 11.0. The van der Waals surface area contributed by atoms with Gasteiger partial charge in [0, 0.05) is 17.5 Å². The molecule has 7 heteroatoms. The van der Waals surface area contributed by atoms with Crippen LogP contribution >= 0.6 is 0 Å². The summed E-state index contributed by atoms with van der Waals surface area (Å²) in [5.74, 6) is -0.502. The van der Waals surface area contributed by atoms with E-state index in [-0.39, 0.29) is 24.8 Å². The SMILES string of the molecule is COc1ccc2oc(C(=O)N3CCO[C@H](C(=O)O)C3)c(C)c2c1. The second-order valence-electron chi connectivity index (χ2n) is 5.37. The lowest BCUT2D eigenvalue weighted by Gasteiger charge is -2.30. The number of nitrogens with zero attached hydrogens (tertiary/aromatic N) is 1. The first-order valence-corrected chi connectivity index (χ1v) is 7.22. The van der Waals surface area contributed by atoms with Gasteiger partial charge in [0.2, 0.25) is 0 Å². The number of carboxylic acids is 1. The molecule has 2 heterocycles. The van der Waals surface area contributed by atoms with Crippen molar-refractivity contribution in [2.45, 2.75) is 13.0 Å². The van der Waals surface area contributed by atoms with Crippen LogP contribution in [0.5, 0.6) is 5.75 Å². The first-order valence-electron chi connectivity index (χ1n) is 7.22. The number of methoxy groups -OCH3 is 1. The van der Waals surface area contributed by atoms with E-state index < -0.39 is 12.1 Å². The maximum absolute atomic E-state index is 12.7. The third kappa shape index (κ3) is 2.75. The minimum absolute atomic E-state index is 0.00791. The Kier molecular flexibility index (Phi) is 3.96. The summed E-state index contributed by atoms with van der Waals surface area (Å²) >= 11 is 0. The zero-order chi connectivity index (χ0) is 16.6. The van der Waals surface area contributed by atoms with Gasteiger partial charge in [-0.2, -0.15) is 0 Å². The maximum atomic E-state index is 12.7. The van der Waals surface area contributed by atoms with E-state index in [0.717, 1.165) is 5.39 Å². The minimum atomic E-state index is -1.08. The summed E-state index contributed by atoms with van der Waals surface area (Å²) in [6.07, 6.45) is -1.00. The summed E-state index contributed by atoms with van der Waals surface area (Å²) in [7, 11) is 1.57. The predicted octanol–water partition coefficient (Wildman–Crippen LogP) is 1.68. The van der Waals surface area contributed by atoms with Crippen LogP contribution in [-0.4, -0.2) is 54.8 Å². The topological polar surface area (TPSA) is 89.2 Å². The quantitative estimate of drug-likeness (QED) is 0.926. The molecule has 1 amide bonds. The Labute approximate surface area is 132 Å². The van der Waals surface area contributed by atoms with Crippen LogP contribution in [0.3, 0.4) is 0 Å². The molecule has 1 saturated heterocycles. The van der Waals surface area contributed by atoms with E-state index in [1.165, 1.54) is 4.90 Å². The van der Waals surface area contributed by atoms with Gasteiger partial charge >= 0.3 is 5.97 Å². The average molecular weight is 319 g/mol. The van der Waals surface area contributed by atoms with E-state index in [1.54, 1.807) is 26.2 Å². The van der Waals surface area contributed by atoms with Crippen molar-refractivity contribution in [3.63, 3.8) is 0 Å². The fraction of sp³-hybridized carbons (Fsp3) is 0.375. The van der Waals surface area contributed by atoms with Gasteiger partial charge in [0.25, 0.3) is 5.91 Å². The fourth-order valence-electron chi connectivity index (χ4n) is 2.66. The molecule has 1 N–H and O–H groups in total. The Bertz CT molecular complexity index is 765. The number of rotatable bonds is 3. The number of furan rings is 1. The highest BCUT2D eigenvalue weighted by atomic mass is 16.5. The van der Waals surface area contributed by atoms with Crippen molar-refractivity contribution in [1.29, 1.82) is 0 Å². The Morgan fingerprint density at radius 2 is 2.17 bits per heavy atom. The van der Waals surface area contributed by atoms with Gasteiger partial charge in [0.05, 0.1) is 20.3 Å². The number of benzene rings is 1. The standard InChI is InChI=1S/C16H17NO6/c1-9-11-7-10(21-2)3-4-12(11)23-14(9)15(18)17-5-6-22-13(8-17)16(19)20/h3-4,7,13H,5-6,8H2,1-2H3,(H,19,20)/t13-/m0/s1. The lowest BCUT2D eigenvalue weighted by molar-refractivity contribution is -0.154. The third-order valence-corrected chi connectivity index (χ3v) is 3.97. The van der Waals surface area contributed by atoms with E-state index in [9.17, 15) is 9.59 Å². The van der Waals surface area contributed by atoms with Crippen LogP contribution in [0.4, 0.5) is 0 Å². The predicted molar refractivity (Wildman–Crippen MR) is 80.8 cm³/mol. The largest absolute Gasteiger partial charge is 0.497 e. The average Bonchev–Trinajstić information content (AvgIpc) is 2.90. The van der Waals surface area contributed by atoms with Crippen molar-refractivity contribution in [2.75, 3.05) is 26.8 Å². The van der Waals surface area contributed by atoms with Gasteiger partial charge in [-0.1, -0.05) is 0 Å². The third-order valence-electron chi connectivity index (χ3n) is 3.97. The molecule has 7 nitrogen and oxygen atoms in total. The molecule has 1 atom stereocenters. The number of ether oxygens (including phenoxy) is 2. The Hall–Kier alpha value is -2.54. The highest BCUT2D eigenvalue weighted by Crippen LogP contribution is 2.29. The molecular weight excluding hydrogens is 302 g/mol. The molecule has 0 saturated carbocycles. The van der Waals surface area contributed by atoms with E-state index in [1.807, 2.05) is 6.07 Å². The maximum Gasteiger partial charge on any atom is 0.334 e. The highest BCUT2D eigenvalue weighted by Gasteiger charge is 2.31. The van der Waals surface area contributed by atoms with Crippen molar-refractivity contribution in [2.24, 2.45) is 0 Å². The highest BCUT2D eigenvalue weighted by molar-refractivity contribution is 5.99. The lowest BCUT2D eigenvalue weighted by atomic mass is 10.1. The summed E-state index contributed by atoms with van der Waals surface area (Å²) in [6, 6.07) is 5.32. The normalized spacial score (nSPS) is 18.2. The van der Waals surface area contributed by atoms with E-state index in [0.29, 0.717) is 23.4 Å². The Balaban J connectivity index is 1.91. The van der Waals surface area contributed by atoms with Gasteiger partial charge in [-0.15, -0.1) is 0 Å². The van der Waals surface area contributed by atoms with Crippen LogP contribution in [0.15, 0.2) is 22.6 Å². The number of morpholine rings is 1. The molecule has 1 aliphatic heterocycles. The summed E-state index contributed by atoms with van der Waals surface area (Å²) < 4.78 is 16.0. The monoisotopic (exact) mass is 319 g/mol. The van der Waals surface area contributed by atoms with Crippen LogP contribution < -0.4 is 4.74 Å². The fourth-order valence-corrected chi connectivity index (χ4v) is 2.66. The van der Waals surface area contributed by atoms with E-state index in [4.69, 9.17) is 19.0 Å². The van der Waals surface area contributed by atoms with Crippen LogP contribution in [0.2, 0.25) is 0 Å². The number of fused-ring (bicyclic) bond motifs is 1. The second-order valence-corrected chi connectivity index (χ2v) is 5.37.